The summed E-state index contributed by atoms with van der Waals surface area (Å²) >= 11 is 0. The van der Waals surface area contributed by atoms with Gasteiger partial charge in [0.15, 0.2) is 0 Å². The number of hydrogen-bond acceptors (Lipinski definition) is 3. The van der Waals surface area contributed by atoms with Gasteiger partial charge >= 0.3 is 5.97 Å². The fourth-order valence-corrected chi connectivity index (χ4v) is 2.74. The first kappa shape index (κ1) is 14.9. The molecule has 4 heteroatoms. The number of carbonyl (C=O) groups is 1. The van der Waals surface area contributed by atoms with Gasteiger partial charge in [0.2, 0.25) is 0 Å². The standard InChI is InChI=1S/C16H23NO3/c1-11-10-17(3)12(2)8-15(11)20-16(18)13-6-5-7-14(9-13)19-4/h5-7,9,11-12,15H,8,10H2,1-4H3/p+1/t11-,12-,15-/m1/s1. The van der Waals surface area contributed by atoms with E-state index in [2.05, 4.69) is 20.9 Å². The number of ether oxygens (including phenoxy) is 2. The van der Waals surface area contributed by atoms with Crippen LogP contribution in [-0.4, -0.2) is 38.8 Å². The third-order valence-electron chi connectivity index (χ3n) is 4.27. The van der Waals surface area contributed by atoms with E-state index in [4.69, 9.17) is 9.47 Å². The Kier molecular flexibility index (Phi) is 4.65. The molecule has 0 aromatic heterocycles. The summed E-state index contributed by atoms with van der Waals surface area (Å²) in [5, 5.41) is 0. The maximum Gasteiger partial charge on any atom is 0.338 e. The van der Waals surface area contributed by atoms with Crippen LogP contribution in [-0.2, 0) is 4.74 Å². The third-order valence-corrected chi connectivity index (χ3v) is 4.27. The van der Waals surface area contributed by atoms with Crippen LogP contribution in [0.5, 0.6) is 5.75 Å². The lowest BCUT2D eigenvalue weighted by molar-refractivity contribution is -0.914. The van der Waals surface area contributed by atoms with Crippen molar-refractivity contribution in [2.75, 3.05) is 20.7 Å². The van der Waals surface area contributed by atoms with E-state index < -0.39 is 0 Å². The van der Waals surface area contributed by atoms with Crippen molar-refractivity contribution in [3.8, 4) is 5.75 Å². The van der Waals surface area contributed by atoms with Crippen LogP contribution in [0.15, 0.2) is 24.3 Å². The van der Waals surface area contributed by atoms with Gasteiger partial charge in [0.25, 0.3) is 0 Å². The van der Waals surface area contributed by atoms with Crippen molar-refractivity contribution in [2.45, 2.75) is 32.4 Å². The quantitative estimate of drug-likeness (QED) is 0.844. The van der Waals surface area contributed by atoms with Crippen molar-refractivity contribution in [1.82, 2.24) is 0 Å². The molecule has 1 unspecified atom stereocenters. The van der Waals surface area contributed by atoms with Crippen LogP contribution in [0, 0.1) is 5.92 Å². The van der Waals surface area contributed by atoms with Crippen LogP contribution in [0.4, 0.5) is 0 Å². The van der Waals surface area contributed by atoms with Crippen LogP contribution < -0.4 is 9.64 Å². The second kappa shape index (κ2) is 6.27. The second-order valence-electron chi connectivity index (χ2n) is 5.84. The molecule has 4 atom stereocenters. The first-order valence-corrected chi connectivity index (χ1v) is 7.18. The van der Waals surface area contributed by atoms with E-state index in [1.807, 2.05) is 6.07 Å². The van der Waals surface area contributed by atoms with Crippen molar-refractivity contribution >= 4 is 5.97 Å². The molecule has 0 spiro atoms. The fraction of sp³-hybridized carbons (Fsp3) is 0.562. The molecular weight excluding hydrogens is 254 g/mol. The molecule has 110 valence electrons. The Morgan fingerprint density at radius 2 is 2.10 bits per heavy atom. The summed E-state index contributed by atoms with van der Waals surface area (Å²) in [4.78, 5) is 13.7. The number of carbonyl (C=O) groups excluding carboxylic acids is 1. The van der Waals surface area contributed by atoms with Gasteiger partial charge in [-0.25, -0.2) is 4.79 Å². The van der Waals surface area contributed by atoms with Gasteiger partial charge in [-0.15, -0.1) is 0 Å². The Bertz CT molecular complexity index is 475. The Morgan fingerprint density at radius 3 is 2.80 bits per heavy atom. The van der Waals surface area contributed by atoms with Gasteiger partial charge in [-0.1, -0.05) is 13.0 Å². The minimum Gasteiger partial charge on any atom is -0.497 e. The van der Waals surface area contributed by atoms with E-state index >= 15 is 0 Å². The summed E-state index contributed by atoms with van der Waals surface area (Å²) in [6.45, 7) is 5.39. The molecule has 20 heavy (non-hydrogen) atoms. The van der Waals surface area contributed by atoms with Crippen LogP contribution in [0.1, 0.15) is 30.6 Å². The van der Waals surface area contributed by atoms with Gasteiger partial charge in [0, 0.05) is 12.3 Å². The first-order chi connectivity index (χ1) is 9.51. The lowest BCUT2D eigenvalue weighted by Gasteiger charge is -2.36. The van der Waals surface area contributed by atoms with E-state index in [1.165, 1.54) is 4.90 Å². The molecule has 1 heterocycles. The van der Waals surface area contributed by atoms with E-state index in [9.17, 15) is 4.79 Å². The summed E-state index contributed by atoms with van der Waals surface area (Å²) in [6.07, 6.45) is 0.926. The Balaban J connectivity index is 2.03. The monoisotopic (exact) mass is 278 g/mol. The maximum absolute atomic E-state index is 12.2. The van der Waals surface area contributed by atoms with E-state index in [1.54, 1.807) is 25.3 Å². The topological polar surface area (TPSA) is 40.0 Å². The molecular formula is C16H24NO3+. The number of likely N-dealkylation sites (tertiary alicyclic amines) is 1. The Morgan fingerprint density at radius 1 is 1.35 bits per heavy atom. The fourth-order valence-electron chi connectivity index (χ4n) is 2.74. The summed E-state index contributed by atoms with van der Waals surface area (Å²) in [5.41, 5.74) is 0.551. The lowest BCUT2D eigenvalue weighted by Crippen LogP contribution is -3.14. The van der Waals surface area contributed by atoms with Crippen LogP contribution >= 0.6 is 0 Å². The Hall–Kier alpha value is -1.55. The molecule has 1 saturated heterocycles. The van der Waals surface area contributed by atoms with Gasteiger partial charge in [-0.3, -0.25) is 0 Å². The highest BCUT2D eigenvalue weighted by molar-refractivity contribution is 5.90. The molecule has 0 bridgehead atoms. The first-order valence-electron chi connectivity index (χ1n) is 7.18. The van der Waals surface area contributed by atoms with Crippen LogP contribution in [0.3, 0.4) is 0 Å². The Labute approximate surface area is 120 Å². The highest BCUT2D eigenvalue weighted by atomic mass is 16.5. The zero-order valence-electron chi connectivity index (χ0n) is 12.7. The van der Waals surface area contributed by atoms with E-state index in [-0.39, 0.29) is 12.1 Å². The highest BCUT2D eigenvalue weighted by Gasteiger charge is 2.34. The number of methoxy groups -OCH3 is 1. The van der Waals surface area contributed by atoms with E-state index in [0.29, 0.717) is 23.3 Å². The molecule has 0 saturated carbocycles. The number of benzene rings is 1. The highest BCUT2D eigenvalue weighted by Crippen LogP contribution is 2.19. The second-order valence-corrected chi connectivity index (χ2v) is 5.84. The minimum absolute atomic E-state index is 0.00685. The summed E-state index contributed by atoms with van der Waals surface area (Å²) in [6, 6.07) is 7.63. The average molecular weight is 278 g/mol. The molecule has 1 aromatic carbocycles. The maximum atomic E-state index is 12.2. The van der Waals surface area contributed by atoms with Gasteiger partial charge in [0.05, 0.1) is 32.3 Å². The van der Waals surface area contributed by atoms with E-state index in [0.717, 1.165) is 13.0 Å². The average Bonchev–Trinajstić information content (AvgIpc) is 2.44. The number of esters is 1. The predicted octanol–water partition coefficient (Wildman–Crippen LogP) is 1.16. The van der Waals surface area contributed by atoms with Gasteiger partial charge < -0.3 is 14.4 Å². The van der Waals surface area contributed by atoms with Crippen molar-refractivity contribution in [1.29, 1.82) is 0 Å². The third kappa shape index (κ3) is 3.31. The SMILES string of the molecule is COc1cccc(C(=O)O[C@@H]2C[C@@H](C)[NH+](C)C[C@H]2C)c1. The normalized spacial score (nSPS) is 29.8. The van der Waals surface area contributed by atoms with Crippen LogP contribution in [0.25, 0.3) is 0 Å². The largest absolute Gasteiger partial charge is 0.497 e. The molecule has 1 N–H and O–H groups in total. The molecule has 2 rings (SSSR count). The molecule has 4 nitrogen and oxygen atoms in total. The van der Waals surface area contributed by atoms with Gasteiger partial charge in [-0.05, 0) is 25.1 Å². The zero-order chi connectivity index (χ0) is 14.7. The smallest absolute Gasteiger partial charge is 0.338 e. The van der Waals surface area contributed by atoms with Gasteiger partial charge in [0.1, 0.15) is 11.9 Å². The summed E-state index contributed by atoms with van der Waals surface area (Å²) in [7, 11) is 3.79. The molecule has 0 radical (unpaired) electrons. The van der Waals surface area contributed by atoms with Crippen LogP contribution in [0.2, 0.25) is 0 Å². The molecule has 1 aliphatic heterocycles. The molecule has 1 aliphatic rings. The lowest BCUT2D eigenvalue weighted by atomic mass is 9.92. The molecule has 1 fully saturated rings. The zero-order valence-corrected chi connectivity index (χ0v) is 12.7. The number of nitrogens with one attached hydrogen (secondary N) is 1. The van der Waals surface area contributed by atoms with Crippen molar-refractivity contribution < 1.29 is 19.2 Å². The molecule has 0 amide bonds. The number of piperidine rings is 1. The summed E-state index contributed by atoms with van der Waals surface area (Å²) < 4.78 is 10.8. The number of hydrogen-bond donors (Lipinski definition) is 1. The summed E-state index contributed by atoms with van der Waals surface area (Å²) in [5.74, 6) is 0.807. The molecule has 1 aromatic rings. The number of rotatable bonds is 3. The predicted molar refractivity (Wildman–Crippen MR) is 77.2 cm³/mol. The minimum atomic E-state index is -0.257. The van der Waals surface area contributed by atoms with Gasteiger partial charge in [-0.2, -0.15) is 0 Å². The number of quaternary nitrogens is 1. The van der Waals surface area contributed by atoms with Crippen molar-refractivity contribution in [2.24, 2.45) is 5.92 Å². The van der Waals surface area contributed by atoms with Crippen molar-refractivity contribution in [3.05, 3.63) is 29.8 Å². The molecule has 0 aliphatic carbocycles. The van der Waals surface area contributed by atoms with Crippen molar-refractivity contribution in [3.63, 3.8) is 0 Å².